The molecule has 0 unspecified atom stereocenters. The number of rotatable bonds is 10. The van der Waals surface area contributed by atoms with Gasteiger partial charge in [-0.1, -0.05) is 31.9 Å². The highest BCUT2D eigenvalue weighted by atomic mass is 16.8. The van der Waals surface area contributed by atoms with Crippen LogP contribution in [0.25, 0.3) is 0 Å². The van der Waals surface area contributed by atoms with E-state index in [1.807, 2.05) is 13.8 Å². The zero-order chi connectivity index (χ0) is 19.0. The first-order chi connectivity index (χ1) is 12.5. The summed E-state index contributed by atoms with van der Waals surface area (Å²) in [6, 6.07) is 7.14. The molecule has 1 aliphatic rings. The monoisotopic (exact) mass is 360 g/mol. The number of hydrogen-bond donors (Lipinski definition) is 0. The average Bonchev–Trinajstić information content (AvgIpc) is 2.95. The predicted octanol–water partition coefficient (Wildman–Crippen LogP) is 5.31. The summed E-state index contributed by atoms with van der Waals surface area (Å²) in [5, 5.41) is 0. The maximum Gasteiger partial charge on any atom is 0.194 e. The molecule has 1 heterocycles. The minimum Gasteiger partial charge on any atom is -0.497 e. The van der Waals surface area contributed by atoms with E-state index in [0.29, 0.717) is 5.56 Å². The quantitative estimate of drug-likeness (QED) is 0.322. The normalized spacial score (nSPS) is 22.0. The number of ether oxygens (including phenoxy) is 3. The average molecular weight is 360 g/mol. The summed E-state index contributed by atoms with van der Waals surface area (Å²) < 4.78 is 17.1. The Balaban J connectivity index is 1.94. The van der Waals surface area contributed by atoms with Crippen molar-refractivity contribution < 1.29 is 19.0 Å². The molecule has 4 heteroatoms. The van der Waals surface area contributed by atoms with E-state index in [1.165, 1.54) is 19.3 Å². The molecule has 0 N–H and O–H groups in total. The zero-order valence-electron chi connectivity index (χ0n) is 16.5. The molecule has 26 heavy (non-hydrogen) atoms. The second-order valence-electron chi connectivity index (χ2n) is 7.23. The first-order valence-corrected chi connectivity index (χ1v) is 9.65. The molecule has 4 nitrogen and oxygen atoms in total. The number of ketones is 1. The molecule has 0 aliphatic carbocycles. The van der Waals surface area contributed by atoms with Crippen LogP contribution in [0.15, 0.2) is 36.4 Å². The number of allylic oxidation sites excluding steroid dienone is 2. The molecule has 0 saturated carbocycles. The lowest BCUT2D eigenvalue weighted by molar-refractivity contribution is -0.143. The van der Waals surface area contributed by atoms with Gasteiger partial charge in [-0.05, 0) is 63.8 Å². The minimum atomic E-state index is -0.734. The van der Waals surface area contributed by atoms with Gasteiger partial charge in [-0.2, -0.15) is 0 Å². The van der Waals surface area contributed by atoms with Gasteiger partial charge in [0, 0.05) is 5.56 Å². The Labute approximate surface area is 157 Å². The third kappa shape index (κ3) is 5.96. The van der Waals surface area contributed by atoms with Crippen molar-refractivity contribution in [1.82, 2.24) is 0 Å². The summed E-state index contributed by atoms with van der Waals surface area (Å²) in [4.78, 5) is 12.9. The molecule has 1 aliphatic heterocycles. The fourth-order valence-electron chi connectivity index (χ4n) is 3.20. The van der Waals surface area contributed by atoms with E-state index in [4.69, 9.17) is 14.2 Å². The summed E-state index contributed by atoms with van der Waals surface area (Å²) >= 11 is 0. The number of Topliss-reactive ketones (excluding diaryl/α,β-unsaturated/α-hetero) is 1. The zero-order valence-corrected chi connectivity index (χ0v) is 16.5. The van der Waals surface area contributed by atoms with Gasteiger partial charge >= 0.3 is 0 Å². The molecular formula is C22H32O4. The molecule has 0 bridgehead atoms. The number of unbranched alkanes of at least 4 members (excludes halogenated alkanes) is 3. The van der Waals surface area contributed by atoms with Gasteiger partial charge in [-0.3, -0.25) is 4.79 Å². The Kier molecular flexibility index (Phi) is 7.85. The van der Waals surface area contributed by atoms with Gasteiger partial charge in [-0.25, -0.2) is 0 Å². The third-order valence-electron chi connectivity index (χ3n) is 4.58. The molecule has 1 fully saturated rings. The second-order valence-corrected chi connectivity index (χ2v) is 7.23. The van der Waals surface area contributed by atoms with Crippen LogP contribution in [0, 0.1) is 0 Å². The van der Waals surface area contributed by atoms with Crippen molar-refractivity contribution in [2.24, 2.45) is 0 Å². The SMILES string of the molecule is CCCCC/C=C/CC[C@H]1OC(C)(C)O[C@H]1C(=O)c1ccc(OC)cc1. The van der Waals surface area contributed by atoms with E-state index in [0.717, 1.165) is 25.0 Å². The Morgan fingerprint density at radius 2 is 1.81 bits per heavy atom. The first-order valence-electron chi connectivity index (χ1n) is 9.65. The van der Waals surface area contributed by atoms with Crippen LogP contribution in [0.2, 0.25) is 0 Å². The van der Waals surface area contributed by atoms with E-state index in [1.54, 1.807) is 31.4 Å². The number of benzene rings is 1. The summed E-state index contributed by atoms with van der Waals surface area (Å²) in [5.74, 6) is -0.0344. The van der Waals surface area contributed by atoms with Crippen LogP contribution in [0.1, 0.15) is 69.7 Å². The van der Waals surface area contributed by atoms with Gasteiger partial charge in [0.15, 0.2) is 11.6 Å². The molecule has 2 atom stereocenters. The van der Waals surface area contributed by atoms with Crippen molar-refractivity contribution in [3.63, 3.8) is 0 Å². The van der Waals surface area contributed by atoms with Gasteiger partial charge in [0.2, 0.25) is 0 Å². The van der Waals surface area contributed by atoms with E-state index < -0.39 is 11.9 Å². The fraction of sp³-hybridized carbons (Fsp3) is 0.591. The van der Waals surface area contributed by atoms with Crippen LogP contribution in [0.4, 0.5) is 0 Å². The van der Waals surface area contributed by atoms with Crippen molar-refractivity contribution in [1.29, 1.82) is 0 Å². The van der Waals surface area contributed by atoms with Gasteiger partial charge in [0.05, 0.1) is 13.2 Å². The maximum atomic E-state index is 12.9. The Hall–Kier alpha value is -1.65. The lowest BCUT2D eigenvalue weighted by Crippen LogP contribution is -2.31. The highest BCUT2D eigenvalue weighted by Crippen LogP contribution is 2.32. The van der Waals surface area contributed by atoms with Crippen LogP contribution >= 0.6 is 0 Å². The standard InChI is InChI=1S/C22H32O4/c1-5-6-7-8-9-10-11-12-19-21(26-22(2,3)25-19)20(23)17-13-15-18(24-4)16-14-17/h9-10,13-16,19,21H,5-8,11-12H2,1-4H3/b10-9+/t19-,21-/m1/s1. The summed E-state index contributed by atoms with van der Waals surface area (Å²) in [6.45, 7) is 5.94. The molecular weight excluding hydrogens is 328 g/mol. The third-order valence-corrected chi connectivity index (χ3v) is 4.58. The van der Waals surface area contributed by atoms with E-state index in [-0.39, 0.29) is 11.9 Å². The van der Waals surface area contributed by atoms with Crippen LogP contribution in [-0.4, -0.2) is 30.9 Å². The summed E-state index contributed by atoms with van der Waals surface area (Å²) in [6.07, 6.45) is 10.2. The lowest BCUT2D eigenvalue weighted by atomic mass is 9.99. The van der Waals surface area contributed by atoms with Gasteiger partial charge < -0.3 is 14.2 Å². The topological polar surface area (TPSA) is 44.8 Å². The lowest BCUT2D eigenvalue weighted by Gasteiger charge is -2.16. The Morgan fingerprint density at radius 3 is 2.46 bits per heavy atom. The van der Waals surface area contributed by atoms with E-state index in [9.17, 15) is 4.79 Å². The maximum absolute atomic E-state index is 12.9. The smallest absolute Gasteiger partial charge is 0.194 e. The summed E-state index contributed by atoms with van der Waals surface area (Å²) in [7, 11) is 1.61. The molecule has 1 aromatic carbocycles. The molecule has 0 spiro atoms. The van der Waals surface area contributed by atoms with Crippen LogP contribution in [0.3, 0.4) is 0 Å². The predicted molar refractivity (Wildman–Crippen MR) is 104 cm³/mol. The molecule has 1 saturated heterocycles. The molecule has 0 aromatic heterocycles. The molecule has 1 aromatic rings. The Morgan fingerprint density at radius 1 is 1.12 bits per heavy atom. The van der Waals surface area contributed by atoms with Crippen molar-refractivity contribution in [3.05, 3.63) is 42.0 Å². The number of carbonyl (C=O) groups excluding carboxylic acids is 1. The van der Waals surface area contributed by atoms with Crippen LogP contribution < -0.4 is 4.74 Å². The molecule has 0 radical (unpaired) electrons. The molecule has 0 amide bonds. The van der Waals surface area contributed by atoms with Crippen LogP contribution in [0.5, 0.6) is 5.75 Å². The minimum absolute atomic E-state index is 0.0323. The van der Waals surface area contributed by atoms with Gasteiger partial charge in [0.1, 0.15) is 11.9 Å². The van der Waals surface area contributed by atoms with Crippen molar-refractivity contribution in [2.45, 2.75) is 77.3 Å². The highest BCUT2D eigenvalue weighted by molar-refractivity contribution is 6.00. The van der Waals surface area contributed by atoms with Gasteiger partial charge in [0.25, 0.3) is 0 Å². The Bertz CT molecular complexity index is 589. The molecule has 2 rings (SSSR count). The number of carbonyl (C=O) groups is 1. The van der Waals surface area contributed by atoms with Crippen LogP contribution in [-0.2, 0) is 9.47 Å². The fourth-order valence-corrected chi connectivity index (χ4v) is 3.20. The largest absolute Gasteiger partial charge is 0.497 e. The number of methoxy groups -OCH3 is 1. The first kappa shape index (κ1) is 20.7. The van der Waals surface area contributed by atoms with Crippen molar-refractivity contribution in [3.8, 4) is 5.75 Å². The van der Waals surface area contributed by atoms with Gasteiger partial charge in [-0.15, -0.1) is 0 Å². The van der Waals surface area contributed by atoms with E-state index in [2.05, 4.69) is 19.1 Å². The second kappa shape index (κ2) is 9.89. The summed E-state index contributed by atoms with van der Waals surface area (Å²) in [5.41, 5.74) is 0.622. The number of hydrogen-bond acceptors (Lipinski definition) is 4. The molecule has 144 valence electrons. The van der Waals surface area contributed by atoms with Crippen molar-refractivity contribution in [2.75, 3.05) is 7.11 Å². The van der Waals surface area contributed by atoms with E-state index >= 15 is 0 Å². The highest BCUT2D eigenvalue weighted by Gasteiger charge is 2.44. The van der Waals surface area contributed by atoms with Crippen molar-refractivity contribution >= 4 is 5.78 Å².